The van der Waals surface area contributed by atoms with E-state index in [-0.39, 0.29) is 35.7 Å². The molecule has 1 saturated heterocycles. The number of aromatic hydroxyl groups is 1. The number of carbonyl (C=O) groups is 1. The van der Waals surface area contributed by atoms with Crippen LogP contribution in [0.5, 0.6) is 11.5 Å². The van der Waals surface area contributed by atoms with Gasteiger partial charge in [-0.25, -0.2) is 0 Å². The zero-order valence-corrected chi connectivity index (χ0v) is 29.4. The molecule has 9 heteroatoms. The molecule has 2 bridgehead atoms. The molecule has 2 saturated carbocycles. The third-order valence-corrected chi connectivity index (χ3v) is 12.8. The molecule has 0 radical (unpaired) electrons. The second-order valence-electron chi connectivity index (χ2n) is 15.7. The lowest BCUT2D eigenvalue weighted by Gasteiger charge is -2.65. The van der Waals surface area contributed by atoms with Crippen LogP contribution >= 0.6 is 0 Å². The van der Waals surface area contributed by atoms with E-state index >= 15 is 0 Å². The summed E-state index contributed by atoms with van der Waals surface area (Å²) in [5, 5.41) is 24.4. The number of aliphatic hydroxyl groups is 1. The van der Waals surface area contributed by atoms with E-state index in [9.17, 15) is 28.2 Å². The van der Waals surface area contributed by atoms with Crippen LogP contribution in [0, 0.1) is 5.92 Å². The Morgan fingerprint density at radius 2 is 1.66 bits per heavy atom. The maximum absolute atomic E-state index is 14.8. The highest BCUT2D eigenvalue weighted by molar-refractivity contribution is 5.92. The molecule has 5 aliphatic rings. The lowest BCUT2D eigenvalue weighted by Crippen LogP contribution is -2.78. The van der Waals surface area contributed by atoms with E-state index in [4.69, 9.17) is 4.74 Å². The molecule has 2 aliphatic heterocycles. The van der Waals surface area contributed by atoms with Crippen LogP contribution in [0.3, 0.4) is 0 Å². The number of alkyl halides is 3. The van der Waals surface area contributed by atoms with Gasteiger partial charge < -0.3 is 19.8 Å². The fourth-order valence-electron chi connectivity index (χ4n) is 10.2. The van der Waals surface area contributed by atoms with Crippen LogP contribution in [-0.2, 0) is 22.8 Å². The Morgan fingerprint density at radius 3 is 2.34 bits per heavy atom. The minimum atomic E-state index is -4.51. The highest BCUT2D eigenvalue weighted by Crippen LogP contribution is 2.66. The normalized spacial score (nSPS) is 27.5. The van der Waals surface area contributed by atoms with E-state index in [0.29, 0.717) is 37.4 Å². The number of rotatable bonds is 9. The van der Waals surface area contributed by atoms with Crippen LogP contribution in [-0.4, -0.2) is 69.3 Å². The standard InChI is InChI=1S/C44H43F3N2O4/c45-44(46,47)33-13-7-8-28(24-33)16-19-38(51)49(27-34(30-9-3-1-4-10-30)31-11-5-2-6-12-31)35-20-21-43(52)37-25-32-17-18-36(50)40-39(32)42(43,41(35)53-40)22-23-48(37)26-29-14-15-29/h1-13,16-19,24,29,34-35,37,41,50,52H,14-15,20-23,25-27H2/b19-16+/t35?,37-,41?,42+,43-/m1/s1. The number of phenols is 1. The maximum Gasteiger partial charge on any atom is 0.416 e. The van der Waals surface area contributed by atoms with Crippen molar-refractivity contribution in [2.24, 2.45) is 5.92 Å². The van der Waals surface area contributed by atoms with Crippen molar-refractivity contribution in [2.45, 2.75) is 79.8 Å². The van der Waals surface area contributed by atoms with Gasteiger partial charge in [-0.1, -0.05) is 78.9 Å². The minimum absolute atomic E-state index is 0.0289. The van der Waals surface area contributed by atoms with Gasteiger partial charge in [-0.05, 0) is 97.5 Å². The van der Waals surface area contributed by atoms with E-state index in [2.05, 4.69) is 4.90 Å². The summed E-state index contributed by atoms with van der Waals surface area (Å²) in [5.74, 6) is 0.506. The summed E-state index contributed by atoms with van der Waals surface area (Å²) in [6.45, 7) is 2.01. The van der Waals surface area contributed by atoms with E-state index in [1.54, 1.807) is 12.1 Å². The van der Waals surface area contributed by atoms with E-state index in [1.165, 1.54) is 31.1 Å². The molecule has 53 heavy (non-hydrogen) atoms. The molecule has 274 valence electrons. The monoisotopic (exact) mass is 720 g/mol. The number of hydrogen-bond donors (Lipinski definition) is 2. The van der Waals surface area contributed by atoms with E-state index in [1.807, 2.05) is 71.6 Å². The van der Waals surface area contributed by atoms with E-state index < -0.39 is 34.9 Å². The van der Waals surface area contributed by atoms with Gasteiger partial charge in [-0.3, -0.25) is 9.69 Å². The SMILES string of the molecule is O=C(/C=C/c1cccc(C(F)(F)F)c1)N(CC(c1ccccc1)c1ccccc1)C1CC[C@@]2(O)[C@H]3Cc4ccc(O)c5c4[C@@]2(CCN3CC2CC2)C1O5. The number of amides is 1. The van der Waals surface area contributed by atoms with Gasteiger partial charge in [-0.15, -0.1) is 0 Å². The predicted octanol–water partition coefficient (Wildman–Crippen LogP) is 7.72. The molecule has 9 rings (SSSR count). The summed E-state index contributed by atoms with van der Waals surface area (Å²) in [4.78, 5) is 19.1. The number of phenolic OH excluding ortho intramolecular Hbond substituents is 1. The van der Waals surface area contributed by atoms with Gasteiger partial charge in [0.2, 0.25) is 5.91 Å². The predicted molar refractivity (Wildman–Crippen MR) is 195 cm³/mol. The Balaban J connectivity index is 1.14. The van der Waals surface area contributed by atoms with Crippen molar-refractivity contribution in [3.05, 3.63) is 137 Å². The highest BCUT2D eigenvalue weighted by atomic mass is 19.4. The van der Waals surface area contributed by atoms with Crippen LogP contribution in [0.2, 0.25) is 0 Å². The molecule has 4 aromatic carbocycles. The largest absolute Gasteiger partial charge is 0.504 e. The molecule has 1 amide bonds. The van der Waals surface area contributed by atoms with Crippen molar-refractivity contribution in [1.29, 1.82) is 0 Å². The lowest BCUT2D eigenvalue weighted by molar-refractivity contribution is -0.201. The van der Waals surface area contributed by atoms with Gasteiger partial charge >= 0.3 is 6.18 Å². The quantitative estimate of drug-likeness (QED) is 0.173. The molecule has 1 spiro atoms. The summed E-state index contributed by atoms with van der Waals surface area (Å²) >= 11 is 0. The van der Waals surface area contributed by atoms with Gasteiger partial charge in [0, 0.05) is 36.7 Å². The van der Waals surface area contributed by atoms with Crippen LogP contribution in [0.4, 0.5) is 13.2 Å². The number of piperidine rings is 1. The number of ether oxygens (including phenoxy) is 1. The van der Waals surface area contributed by atoms with Crippen LogP contribution < -0.4 is 4.74 Å². The van der Waals surface area contributed by atoms with Crippen molar-refractivity contribution >= 4 is 12.0 Å². The van der Waals surface area contributed by atoms with Gasteiger partial charge in [0.05, 0.1) is 22.6 Å². The number of hydrogen-bond acceptors (Lipinski definition) is 5. The van der Waals surface area contributed by atoms with Crippen LogP contribution in [0.25, 0.3) is 6.08 Å². The van der Waals surface area contributed by atoms with Crippen molar-refractivity contribution < 1.29 is 32.9 Å². The molecule has 6 nitrogen and oxygen atoms in total. The molecular weight excluding hydrogens is 677 g/mol. The molecule has 3 fully saturated rings. The Kier molecular flexibility index (Phi) is 8.24. The first-order valence-corrected chi connectivity index (χ1v) is 18.8. The zero-order chi connectivity index (χ0) is 36.5. The number of halogens is 3. The maximum atomic E-state index is 14.8. The van der Waals surface area contributed by atoms with E-state index in [0.717, 1.165) is 47.5 Å². The van der Waals surface area contributed by atoms with Crippen LogP contribution in [0.1, 0.15) is 71.4 Å². The number of benzene rings is 4. The lowest BCUT2D eigenvalue weighted by atomic mass is 9.48. The second-order valence-corrected chi connectivity index (χ2v) is 15.7. The molecule has 2 N–H and O–H groups in total. The van der Waals surface area contributed by atoms with Crippen LogP contribution in [0.15, 0.2) is 103 Å². The average Bonchev–Trinajstić information content (AvgIpc) is 3.91. The summed E-state index contributed by atoms with van der Waals surface area (Å²) in [6.07, 6.45) is 2.28. The molecule has 2 heterocycles. The molecule has 0 aromatic heterocycles. The highest BCUT2D eigenvalue weighted by Gasteiger charge is 2.73. The minimum Gasteiger partial charge on any atom is -0.504 e. The molecule has 2 unspecified atom stereocenters. The third-order valence-electron chi connectivity index (χ3n) is 12.8. The summed E-state index contributed by atoms with van der Waals surface area (Å²) in [5.41, 5.74) is 1.50. The number of nitrogens with zero attached hydrogens (tertiary/aromatic N) is 2. The van der Waals surface area contributed by atoms with Crippen molar-refractivity contribution in [1.82, 2.24) is 9.80 Å². The van der Waals surface area contributed by atoms with Gasteiger partial charge in [0.1, 0.15) is 6.10 Å². The topological polar surface area (TPSA) is 73.2 Å². The Hall–Kier alpha value is -4.60. The Bertz CT molecular complexity index is 2010. The molecular formula is C44H43F3N2O4. The Labute approximate surface area is 307 Å². The molecule has 5 atom stereocenters. The van der Waals surface area contributed by atoms with Crippen molar-refractivity contribution in [3.8, 4) is 11.5 Å². The summed E-state index contributed by atoms with van der Waals surface area (Å²) in [6, 6.07) is 28.0. The fraction of sp³-hybridized carbons (Fsp3) is 0.386. The first-order chi connectivity index (χ1) is 25.6. The Morgan fingerprint density at radius 1 is 0.943 bits per heavy atom. The van der Waals surface area contributed by atoms with Crippen molar-refractivity contribution in [2.75, 3.05) is 19.6 Å². The fourth-order valence-corrected chi connectivity index (χ4v) is 10.2. The smallest absolute Gasteiger partial charge is 0.416 e. The average molecular weight is 721 g/mol. The first-order valence-electron chi connectivity index (χ1n) is 18.8. The molecule has 4 aromatic rings. The third kappa shape index (κ3) is 5.66. The number of likely N-dealkylation sites (tertiary alicyclic amines) is 1. The molecule has 3 aliphatic carbocycles. The number of carbonyl (C=O) groups excluding carboxylic acids is 1. The summed E-state index contributed by atoms with van der Waals surface area (Å²) in [7, 11) is 0. The van der Waals surface area contributed by atoms with Crippen molar-refractivity contribution in [3.63, 3.8) is 0 Å². The van der Waals surface area contributed by atoms with Gasteiger partial charge in [-0.2, -0.15) is 13.2 Å². The second kappa shape index (κ2) is 12.8. The van der Waals surface area contributed by atoms with Gasteiger partial charge in [0.15, 0.2) is 11.5 Å². The summed E-state index contributed by atoms with van der Waals surface area (Å²) < 4.78 is 47.7. The zero-order valence-electron chi connectivity index (χ0n) is 29.4. The van der Waals surface area contributed by atoms with Gasteiger partial charge in [0.25, 0.3) is 0 Å². The first kappa shape index (κ1) is 34.2.